The number of urea groups is 1. The number of carboxylic acids is 1. The fraction of sp³-hybridized carbons (Fsp3) is 0.125. The van der Waals surface area contributed by atoms with E-state index in [4.69, 9.17) is 9.84 Å². The fourth-order valence-electron chi connectivity index (χ4n) is 2.20. The molecule has 1 aromatic carbocycles. The van der Waals surface area contributed by atoms with Crippen LogP contribution in [0.3, 0.4) is 0 Å². The van der Waals surface area contributed by atoms with Gasteiger partial charge in [0.2, 0.25) is 0 Å². The Labute approximate surface area is 142 Å². The maximum atomic E-state index is 11.6. The number of aromatic nitrogens is 3. The largest absolute Gasteiger partial charge is 0.497 e. The molecule has 0 aliphatic rings. The molecule has 0 saturated carbocycles. The normalized spacial score (nSPS) is 10.4. The van der Waals surface area contributed by atoms with Gasteiger partial charge in [-0.1, -0.05) is 12.1 Å². The Morgan fingerprint density at radius 3 is 2.88 bits per heavy atom. The molecule has 3 aromatic rings. The summed E-state index contributed by atoms with van der Waals surface area (Å²) in [7, 11) is 1.60. The number of ether oxygens (including phenoxy) is 1. The fourth-order valence-corrected chi connectivity index (χ4v) is 2.20. The molecule has 0 saturated heterocycles. The van der Waals surface area contributed by atoms with E-state index in [1.165, 1.54) is 4.52 Å². The van der Waals surface area contributed by atoms with Crippen LogP contribution < -0.4 is 15.4 Å². The van der Waals surface area contributed by atoms with Crippen LogP contribution in [0.2, 0.25) is 0 Å². The number of nitrogens with zero attached hydrogens (tertiary/aromatic N) is 3. The molecular weight excluding hydrogens is 326 g/mol. The van der Waals surface area contributed by atoms with Crippen LogP contribution in [0.1, 0.15) is 0 Å². The van der Waals surface area contributed by atoms with Gasteiger partial charge in [-0.2, -0.15) is 5.10 Å². The van der Waals surface area contributed by atoms with Crippen LogP contribution >= 0.6 is 0 Å². The van der Waals surface area contributed by atoms with Gasteiger partial charge in [-0.15, -0.1) is 0 Å². The third-order valence-corrected chi connectivity index (χ3v) is 3.33. The van der Waals surface area contributed by atoms with Crippen LogP contribution in [-0.2, 0) is 4.79 Å². The van der Waals surface area contributed by atoms with E-state index in [9.17, 15) is 9.59 Å². The summed E-state index contributed by atoms with van der Waals surface area (Å²) < 4.78 is 6.74. The van der Waals surface area contributed by atoms with Gasteiger partial charge in [-0.3, -0.25) is 10.1 Å². The number of methoxy groups -OCH3 is 1. The van der Waals surface area contributed by atoms with E-state index in [0.717, 1.165) is 11.3 Å². The number of benzene rings is 1. The first-order valence-corrected chi connectivity index (χ1v) is 7.32. The highest BCUT2D eigenvalue weighted by molar-refractivity contribution is 5.90. The maximum Gasteiger partial charge on any atom is 0.323 e. The topological polar surface area (TPSA) is 118 Å². The first-order valence-electron chi connectivity index (χ1n) is 7.32. The molecule has 0 unspecified atom stereocenters. The Morgan fingerprint density at radius 1 is 1.28 bits per heavy atom. The summed E-state index contributed by atoms with van der Waals surface area (Å²) in [6.45, 7) is -0.475. The van der Waals surface area contributed by atoms with E-state index in [1.807, 2.05) is 30.3 Å². The lowest BCUT2D eigenvalue weighted by Gasteiger charge is -2.04. The number of hydrogen-bond acceptors (Lipinski definition) is 5. The van der Waals surface area contributed by atoms with Gasteiger partial charge in [0.1, 0.15) is 12.3 Å². The summed E-state index contributed by atoms with van der Waals surface area (Å²) in [5.41, 5.74) is 2.13. The smallest absolute Gasteiger partial charge is 0.323 e. The van der Waals surface area contributed by atoms with Gasteiger partial charge in [0.05, 0.1) is 19.0 Å². The Hall–Kier alpha value is -3.62. The van der Waals surface area contributed by atoms with Crippen molar-refractivity contribution >= 4 is 23.5 Å². The molecule has 9 nitrogen and oxygen atoms in total. The third-order valence-electron chi connectivity index (χ3n) is 3.33. The summed E-state index contributed by atoms with van der Waals surface area (Å²) in [5, 5.41) is 17.6. The molecule has 3 N–H and O–H groups in total. The second-order valence-corrected chi connectivity index (χ2v) is 5.08. The van der Waals surface area contributed by atoms with E-state index in [2.05, 4.69) is 20.7 Å². The van der Waals surface area contributed by atoms with Crippen molar-refractivity contribution in [3.63, 3.8) is 0 Å². The van der Waals surface area contributed by atoms with Gasteiger partial charge in [0, 0.05) is 5.56 Å². The SMILES string of the molecule is COc1cccc(-c2ccc3nc(NC(=O)NCC(=O)O)cn3n2)c1. The highest BCUT2D eigenvalue weighted by Gasteiger charge is 2.09. The zero-order chi connectivity index (χ0) is 17.8. The Bertz CT molecular complexity index is 937. The first kappa shape index (κ1) is 16.2. The number of nitrogens with one attached hydrogen (secondary N) is 2. The molecule has 0 fully saturated rings. The zero-order valence-electron chi connectivity index (χ0n) is 13.3. The molecule has 9 heteroatoms. The van der Waals surface area contributed by atoms with Crippen molar-refractivity contribution in [2.75, 3.05) is 19.0 Å². The highest BCUT2D eigenvalue weighted by atomic mass is 16.5. The molecule has 0 radical (unpaired) electrons. The number of carbonyl (C=O) groups is 2. The van der Waals surface area contributed by atoms with E-state index in [0.29, 0.717) is 11.3 Å². The maximum absolute atomic E-state index is 11.6. The van der Waals surface area contributed by atoms with Crippen molar-refractivity contribution in [2.45, 2.75) is 0 Å². The molecule has 25 heavy (non-hydrogen) atoms. The molecule has 0 atom stereocenters. The molecule has 2 heterocycles. The molecule has 128 valence electrons. The number of carboxylic acid groups (broad SMARTS) is 1. The van der Waals surface area contributed by atoms with Crippen LogP contribution in [0.15, 0.2) is 42.6 Å². The zero-order valence-corrected chi connectivity index (χ0v) is 13.3. The lowest BCUT2D eigenvalue weighted by atomic mass is 10.1. The molecule has 2 amide bonds. The minimum atomic E-state index is -1.13. The lowest BCUT2D eigenvalue weighted by molar-refractivity contribution is -0.135. The number of fused-ring (bicyclic) bond motifs is 1. The Morgan fingerprint density at radius 2 is 2.12 bits per heavy atom. The third kappa shape index (κ3) is 3.83. The molecule has 3 rings (SSSR count). The Kier molecular flexibility index (Phi) is 4.46. The summed E-state index contributed by atoms with van der Waals surface area (Å²) >= 11 is 0. The van der Waals surface area contributed by atoms with Gasteiger partial charge in [0.25, 0.3) is 0 Å². The highest BCUT2D eigenvalue weighted by Crippen LogP contribution is 2.22. The number of anilines is 1. The standard InChI is InChI=1S/C16H15N5O4/c1-25-11-4-2-3-10(7-11)12-5-6-14-18-13(9-21(14)20-12)19-16(24)17-8-15(22)23/h2-7,9H,8H2,1H3,(H,22,23)(H2,17,19,24). The van der Waals surface area contributed by atoms with Gasteiger partial charge in [-0.05, 0) is 24.3 Å². The molecular formula is C16H15N5O4. The molecule has 0 aliphatic carbocycles. The van der Waals surface area contributed by atoms with Gasteiger partial charge >= 0.3 is 12.0 Å². The van der Waals surface area contributed by atoms with E-state index in [1.54, 1.807) is 19.4 Å². The van der Waals surface area contributed by atoms with Crippen LogP contribution in [0.5, 0.6) is 5.75 Å². The average Bonchev–Trinajstić information content (AvgIpc) is 3.01. The van der Waals surface area contributed by atoms with Crippen molar-refractivity contribution in [1.29, 1.82) is 0 Å². The number of imidazole rings is 1. The van der Waals surface area contributed by atoms with Crippen LogP contribution in [-0.4, -0.2) is 45.4 Å². The lowest BCUT2D eigenvalue weighted by Crippen LogP contribution is -2.33. The van der Waals surface area contributed by atoms with Crippen LogP contribution in [0.25, 0.3) is 16.9 Å². The number of amides is 2. The molecule has 0 spiro atoms. The predicted octanol–water partition coefficient (Wildman–Crippen LogP) is 1.61. The number of rotatable bonds is 5. The first-order chi connectivity index (χ1) is 12.0. The summed E-state index contributed by atoms with van der Waals surface area (Å²) in [6, 6.07) is 10.4. The second kappa shape index (κ2) is 6.87. The van der Waals surface area contributed by atoms with E-state index in [-0.39, 0.29) is 5.82 Å². The van der Waals surface area contributed by atoms with Crippen molar-refractivity contribution in [3.05, 3.63) is 42.6 Å². The number of aliphatic carboxylic acids is 1. The average molecular weight is 341 g/mol. The number of hydrogen-bond donors (Lipinski definition) is 3. The molecule has 2 aromatic heterocycles. The van der Waals surface area contributed by atoms with Crippen molar-refractivity contribution in [3.8, 4) is 17.0 Å². The quantitative estimate of drug-likeness (QED) is 0.649. The van der Waals surface area contributed by atoms with Crippen LogP contribution in [0, 0.1) is 0 Å². The van der Waals surface area contributed by atoms with Crippen LogP contribution in [0.4, 0.5) is 10.6 Å². The van der Waals surface area contributed by atoms with Gasteiger partial charge in [-0.25, -0.2) is 14.3 Å². The van der Waals surface area contributed by atoms with E-state index < -0.39 is 18.5 Å². The monoisotopic (exact) mass is 341 g/mol. The summed E-state index contributed by atoms with van der Waals surface area (Å²) in [4.78, 5) is 26.2. The molecule has 0 bridgehead atoms. The van der Waals surface area contributed by atoms with Gasteiger partial charge < -0.3 is 15.2 Å². The summed E-state index contributed by atoms with van der Waals surface area (Å²) in [6.07, 6.45) is 1.54. The predicted molar refractivity (Wildman–Crippen MR) is 89.6 cm³/mol. The minimum absolute atomic E-state index is 0.262. The van der Waals surface area contributed by atoms with E-state index >= 15 is 0 Å². The second-order valence-electron chi connectivity index (χ2n) is 5.08. The minimum Gasteiger partial charge on any atom is -0.497 e. The van der Waals surface area contributed by atoms with Gasteiger partial charge in [0.15, 0.2) is 11.5 Å². The summed E-state index contributed by atoms with van der Waals surface area (Å²) in [5.74, 6) is -0.143. The molecule has 0 aliphatic heterocycles. The Balaban J connectivity index is 1.81. The van der Waals surface area contributed by atoms with Crippen molar-refractivity contribution in [1.82, 2.24) is 19.9 Å². The van der Waals surface area contributed by atoms with Crippen molar-refractivity contribution < 1.29 is 19.4 Å². The van der Waals surface area contributed by atoms with Crippen molar-refractivity contribution in [2.24, 2.45) is 0 Å². The number of carbonyl (C=O) groups excluding carboxylic acids is 1.